The van der Waals surface area contributed by atoms with Gasteiger partial charge in [-0.25, -0.2) is 9.18 Å². The van der Waals surface area contributed by atoms with Crippen LogP contribution in [0.25, 0.3) is 11.1 Å². The maximum absolute atomic E-state index is 12.4. The molecule has 7 heteroatoms. The molecule has 0 aliphatic carbocycles. The van der Waals surface area contributed by atoms with Gasteiger partial charge < -0.3 is 19.7 Å². The van der Waals surface area contributed by atoms with Crippen LogP contribution >= 0.6 is 0 Å². The quantitative estimate of drug-likeness (QED) is 0.288. The fraction of sp³-hybridized carbons (Fsp3) is 0.194. The standard InChI is InChI=1S/C22H19NO4.C9H11FO/c1-26-18-11-12-19(21(24)13-18)20-14-27-22(25)23(20)17-9-7-16(8-10-17)15-5-3-2-4-6-15;1-2-9(11)7-3-5-8(10)6-4-7/h2-13,20,24H,14H2,1H3;3-6,9,11H,2H2,1H3. The molecule has 1 aliphatic rings. The van der Waals surface area contributed by atoms with Crippen molar-refractivity contribution in [2.45, 2.75) is 25.5 Å². The zero-order chi connectivity index (χ0) is 27.1. The zero-order valence-electron chi connectivity index (χ0n) is 21.3. The van der Waals surface area contributed by atoms with Crippen LogP contribution in [0.1, 0.15) is 36.6 Å². The number of carbonyl (C=O) groups is 1. The van der Waals surface area contributed by atoms with E-state index in [0.717, 1.165) is 22.4 Å². The summed E-state index contributed by atoms with van der Waals surface area (Å²) in [5.74, 6) is 0.362. The lowest BCUT2D eigenvalue weighted by atomic mass is 10.0. The van der Waals surface area contributed by atoms with Gasteiger partial charge in [0.1, 0.15) is 30.0 Å². The van der Waals surface area contributed by atoms with Crippen molar-refractivity contribution >= 4 is 11.8 Å². The smallest absolute Gasteiger partial charge is 0.415 e. The molecule has 6 nitrogen and oxygen atoms in total. The van der Waals surface area contributed by atoms with Gasteiger partial charge in [-0.15, -0.1) is 0 Å². The summed E-state index contributed by atoms with van der Waals surface area (Å²) in [6.45, 7) is 2.06. The van der Waals surface area contributed by atoms with E-state index in [1.165, 1.54) is 25.3 Å². The lowest BCUT2D eigenvalue weighted by Crippen LogP contribution is -2.27. The summed E-state index contributed by atoms with van der Waals surface area (Å²) in [6.07, 6.45) is -0.232. The van der Waals surface area contributed by atoms with Gasteiger partial charge in [0.15, 0.2) is 0 Å². The molecule has 2 unspecified atom stereocenters. The molecule has 1 aliphatic heterocycles. The van der Waals surface area contributed by atoms with Gasteiger partial charge in [-0.05, 0) is 59.5 Å². The normalized spacial score (nSPS) is 15.3. The van der Waals surface area contributed by atoms with Crippen molar-refractivity contribution in [3.05, 3.63) is 114 Å². The highest BCUT2D eigenvalue weighted by atomic mass is 19.1. The first-order chi connectivity index (χ1) is 18.4. The van der Waals surface area contributed by atoms with Crippen molar-refractivity contribution < 1.29 is 28.9 Å². The summed E-state index contributed by atoms with van der Waals surface area (Å²) in [5, 5.41) is 19.7. The number of cyclic esters (lactones) is 1. The lowest BCUT2D eigenvalue weighted by Gasteiger charge is -2.23. The number of phenols is 1. The number of aliphatic hydroxyl groups excluding tert-OH is 1. The van der Waals surface area contributed by atoms with Gasteiger partial charge in [0, 0.05) is 17.3 Å². The van der Waals surface area contributed by atoms with Crippen LogP contribution in [0.5, 0.6) is 11.5 Å². The Hall–Kier alpha value is -4.36. The number of phenolic OH excluding ortho intramolecular Hbond substituents is 1. The Bertz CT molecular complexity index is 1340. The molecule has 5 rings (SSSR count). The molecule has 0 spiro atoms. The maximum atomic E-state index is 12.4. The van der Waals surface area contributed by atoms with Crippen molar-refractivity contribution in [1.82, 2.24) is 0 Å². The predicted octanol–water partition coefficient (Wildman–Crippen LogP) is 7.03. The third-order valence-corrected chi connectivity index (χ3v) is 6.36. The van der Waals surface area contributed by atoms with E-state index >= 15 is 0 Å². The molecule has 1 heterocycles. The second-order valence-electron chi connectivity index (χ2n) is 8.78. The molecule has 0 radical (unpaired) electrons. The molecule has 4 aromatic rings. The molecule has 1 amide bonds. The van der Waals surface area contributed by atoms with Gasteiger partial charge in [0.25, 0.3) is 0 Å². The van der Waals surface area contributed by atoms with Gasteiger partial charge in [-0.1, -0.05) is 61.5 Å². The molecular weight excluding hydrogens is 485 g/mol. The van der Waals surface area contributed by atoms with E-state index < -0.39 is 18.2 Å². The van der Waals surface area contributed by atoms with E-state index in [1.54, 1.807) is 29.2 Å². The number of carbonyl (C=O) groups excluding carboxylic acids is 1. The molecule has 0 bridgehead atoms. The van der Waals surface area contributed by atoms with Crippen LogP contribution < -0.4 is 9.64 Å². The maximum Gasteiger partial charge on any atom is 0.415 e. The number of aromatic hydroxyl groups is 1. The number of anilines is 1. The minimum Gasteiger partial charge on any atom is -0.507 e. The molecule has 1 fully saturated rings. The number of amides is 1. The molecule has 0 aromatic heterocycles. The topological polar surface area (TPSA) is 79.2 Å². The van der Waals surface area contributed by atoms with Crippen LogP contribution in [0.2, 0.25) is 0 Å². The Kier molecular flexibility index (Phi) is 8.61. The second kappa shape index (κ2) is 12.3. The average Bonchev–Trinajstić information content (AvgIpc) is 3.34. The minimum atomic E-state index is -0.462. The van der Waals surface area contributed by atoms with E-state index in [4.69, 9.17) is 9.47 Å². The van der Waals surface area contributed by atoms with Crippen molar-refractivity contribution in [2.75, 3.05) is 18.6 Å². The number of halogens is 1. The minimum absolute atomic E-state index is 0.0727. The molecular formula is C31H30FNO5. The molecule has 38 heavy (non-hydrogen) atoms. The third kappa shape index (κ3) is 6.12. The third-order valence-electron chi connectivity index (χ3n) is 6.36. The summed E-state index contributed by atoms with van der Waals surface area (Å²) in [4.78, 5) is 13.9. The van der Waals surface area contributed by atoms with E-state index in [0.29, 0.717) is 17.7 Å². The largest absolute Gasteiger partial charge is 0.507 e. The molecule has 1 saturated heterocycles. The number of rotatable bonds is 6. The number of ether oxygens (including phenoxy) is 2. The highest BCUT2D eigenvalue weighted by molar-refractivity contribution is 5.91. The SMILES string of the molecule is CCC(O)c1ccc(F)cc1.COc1ccc(C2COC(=O)N2c2ccc(-c3ccccc3)cc2)c(O)c1. The number of hydrogen-bond donors (Lipinski definition) is 2. The zero-order valence-corrected chi connectivity index (χ0v) is 21.3. The van der Waals surface area contributed by atoms with Crippen molar-refractivity contribution in [3.63, 3.8) is 0 Å². The number of benzene rings is 4. The van der Waals surface area contributed by atoms with E-state index in [-0.39, 0.29) is 18.2 Å². The van der Waals surface area contributed by atoms with E-state index in [2.05, 4.69) is 0 Å². The molecule has 4 aromatic carbocycles. The first-order valence-electron chi connectivity index (χ1n) is 12.3. The van der Waals surface area contributed by atoms with Crippen molar-refractivity contribution in [2.24, 2.45) is 0 Å². The Balaban J connectivity index is 0.000000257. The second-order valence-corrected chi connectivity index (χ2v) is 8.78. The number of hydrogen-bond acceptors (Lipinski definition) is 5. The van der Waals surface area contributed by atoms with Crippen LogP contribution in [-0.4, -0.2) is 30.0 Å². The Morgan fingerprint density at radius 1 is 0.974 bits per heavy atom. The predicted molar refractivity (Wildman–Crippen MR) is 145 cm³/mol. The highest BCUT2D eigenvalue weighted by Gasteiger charge is 2.36. The molecule has 0 saturated carbocycles. The number of nitrogens with zero attached hydrogens (tertiary/aromatic N) is 1. The average molecular weight is 516 g/mol. The fourth-order valence-electron chi connectivity index (χ4n) is 4.23. The summed E-state index contributed by atoms with van der Waals surface area (Å²) in [5.41, 5.74) is 4.29. The summed E-state index contributed by atoms with van der Waals surface area (Å²) >= 11 is 0. The van der Waals surface area contributed by atoms with Gasteiger partial charge in [-0.2, -0.15) is 0 Å². The lowest BCUT2D eigenvalue weighted by molar-refractivity contribution is 0.173. The van der Waals surface area contributed by atoms with Gasteiger partial charge in [0.05, 0.1) is 13.2 Å². The van der Waals surface area contributed by atoms with Crippen molar-refractivity contribution in [1.29, 1.82) is 0 Å². The van der Waals surface area contributed by atoms with Crippen LogP contribution in [0.15, 0.2) is 97.1 Å². The van der Waals surface area contributed by atoms with Crippen molar-refractivity contribution in [3.8, 4) is 22.6 Å². The van der Waals surface area contributed by atoms with Crippen LogP contribution in [0, 0.1) is 5.82 Å². The summed E-state index contributed by atoms with van der Waals surface area (Å²) in [7, 11) is 1.54. The summed E-state index contributed by atoms with van der Waals surface area (Å²) in [6, 6.07) is 28.3. The number of aliphatic hydroxyl groups is 1. The first kappa shape index (κ1) is 26.7. The number of methoxy groups -OCH3 is 1. The van der Waals surface area contributed by atoms with Crippen LogP contribution in [-0.2, 0) is 4.74 Å². The van der Waals surface area contributed by atoms with Gasteiger partial charge in [-0.3, -0.25) is 4.90 Å². The molecule has 2 atom stereocenters. The first-order valence-corrected chi connectivity index (χ1v) is 12.3. The Morgan fingerprint density at radius 3 is 2.24 bits per heavy atom. The monoisotopic (exact) mass is 515 g/mol. The molecule has 196 valence electrons. The highest BCUT2D eigenvalue weighted by Crippen LogP contribution is 2.38. The Labute approximate surface area is 221 Å². The molecule has 2 N–H and O–H groups in total. The van der Waals surface area contributed by atoms with Gasteiger partial charge >= 0.3 is 6.09 Å². The van der Waals surface area contributed by atoms with E-state index in [1.807, 2.05) is 61.5 Å². The van der Waals surface area contributed by atoms with Gasteiger partial charge in [0.2, 0.25) is 0 Å². The van der Waals surface area contributed by atoms with E-state index in [9.17, 15) is 19.4 Å². The van der Waals surface area contributed by atoms with Crippen LogP contribution in [0.3, 0.4) is 0 Å². The fourth-order valence-corrected chi connectivity index (χ4v) is 4.23. The van der Waals surface area contributed by atoms with Crippen LogP contribution in [0.4, 0.5) is 14.9 Å². The Morgan fingerprint density at radius 2 is 1.63 bits per heavy atom. The summed E-state index contributed by atoms with van der Waals surface area (Å²) < 4.78 is 22.8.